The van der Waals surface area contributed by atoms with Crippen LogP contribution in [-0.2, 0) is 16.2 Å². The first-order valence-corrected chi connectivity index (χ1v) is 7.51. The summed E-state index contributed by atoms with van der Waals surface area (Å²) in [6.07, 6.45) is -4.48. The molecule has 0 spiro atoms. The van der Waals surface area contributed by atoms with Crippen molar-refractivity contribution in [3.8, 4) is 0 Å². The molecule has 4 nitrogen and oxygen atoms in total. The number of rotatable bonds is 6. The molecule has 0 amide bonds. The molecule has 20 heavy (non-hydrogen) atoms. The fraction of sp³-hybridized carbons (Fsp3) is 0.500. The Morgan fingerprint density at radius 3 is 2.10 bits per heavy atom. The van der Waals surface area contributed by atoms with Crippen molar-refractivity contribution in [1.29, 1.82) is 0 Å². The lowest BCUT2D eigenvalue weighted by Crippen LogP contribution is -2.34. The first-order valence-electron chi connectivity index (χ1n) is 6.03. The van der Waals surface area contributed by atoms with Gasteiger partial charge in [-0.2, -0.15) is 13.2 Å². The maximum absolute atomic E-state index is 12.4. The molecule has 8 heteroatoms. The second-order valence-corrected chi connectivity index (χ2v) is 6.30. The topological polar surface area (TPSA) is 58.2 Å². The van der Waals surface area contributed by atoms with Gasteiger partial charge in [0, 0.05) is 19.1 Å². The van der Waals surface area contributed by atoms with Gasteiger partial charge in [-0.1, -0.05) is 13.8 Å². The van der Waals surface area contributed by atoms with Crippen LogP contribution in [-0.4, -0.2) is 27.5 Å². The molecule has 0 aliphatic heterocycles. The average molecular weight is 310 g/mol. The van der Waals surface area contributed by atoms with E-state index in [9.17, 15) is 21.6 Å². The van der Waals surface area contributed by atoms with E-state index in [4.69, 9.17) is 0 Å². The molecule has 114 valence electrons. The summed E-state index contributed by atoms with van der Waals surface area (Å²) in [6.45, 7) is 4.45. The Kier molecular flexibility index (Phi) is 5.55. The Hall–Kier alpha value is -1.12. The van der Waals surface area contributed by atoms with E-state index >= 15 is 0 Å². The minimum absolute atomic E-state index is 0.168. The zero-order valence-electron chi connectivity index (χ0n) is 11.2. The molecule has 1 rings (SSSR count). The highest BCUT2D eigenvalue weighted by Crippen LogP contribution is 2.29. The lowest BCUT2D eigenvalue weighted by atomic mass is 10.2. The quantitative estimate of drug-likeness (QED) is 0.790. The molecule has 0 atom stereocenters. The summed E-state index contributed by atoms with van der Waals surface area (Å²) in [5.74, 6) is 0. The van der Waals surface area contributed by atoms with Gasteiger partial charge in [-0.15, -0.1) is 0 Å². The summed E-state index contributed by atoms with van der Waals surface area (Å²) < 4.78 is 63.1. The van der Waals surface area contributed by atoms with Crippen LogP contribution in [0.2, 0.25) is 0 Å². The molecule has 0 saturated carbocycles. The molecule has 2 N–H and O–H groups in total. The van der Waals surface area contributed by atoms with Gasteiger partial charge < -0.3 is 5.32 Å². The molecule has 0 heterocycles. The number of hydrogen-bond acceptors (Lipinski definition) is 3. The maximum Gasteiger partial charge on any atom is 0.416 e. The van der Waals surface area contributed by atoms with E-state index in [1.165, 1.54) is 0 Å². The van der Waals surface area contributed by atoms with Gasteiger partial charge in [-0.05, 0) is 24.3 Å². The lowest BCUT2D eigenvalue weighted by molar-refractivity contribution is -0.137. The molecule has 1 aromatic carbocycles. The van der Waals surface area contributed by atoms with Crippen molar-refractivity contribution in [3.05, 3.63) is 29.8 Å². The molecule has 0 fully saturated rings. The van der Waals surface area contributed by atoms with Gasteiger partial charge in [0.15, 0.2) is 0 Å². The molecule has 0 aliphatic carbocycles. The van der Waals surface area contributed by atoms with Gasteiger partial charge >= 0.3 is 6.18 Å². The van der Waals surface area contributed by atoms with E-state index in [0.717, 1.165) is 24.3 Å². The zero-order chi connectivity index (χ0) is 15.4. The van der Waals surface area contributed by atoms with E-state index in [1.807, 2.05) is 13.8 Å². The van der Waals surface area contributed by atoms with Crippen molar-refractivity contribution in [3.63, 3.8) is 0 Å². The summed E-state index contributed by atoms with van der Waals surface area (Å²) in [5, 5.41) is 3.02. The standard InChI is InChI=1S/C12H17F3N2O2S/c1-9(2)16-7-8-17-20(18,19)11-5-3-10(4-6-11)12(13,14)15/h3-6,9,16-17H,7-8H2,1-2H3. The SMILES string of the molecule is CC(C)NCCNS(=O)(=O)c1ccc(C(F)(F)F)cc1. The van der Waals surface area contributed by atoms with Crippen molar-refractivity contribution >= 4 is 10.0 Å². The lowest BCUT2D eigenvalue weighted by Gasteiger charge is -2.11. The largest absolute Gasteiger partial charge is 0.416 e. The molecular formula is C12H17F3N2O2S. The number of halogens is 3. The predicted octanol–water partition coefficient (Wildman–Crippen LogP) is 1.98. The van der Waals surface area contributed by atoms with Crippen LogP contribution in [0.1, 0.15) is 19.4 Å². The Morgan fingerprint density at radius 2 is 1.65 bits per heavy atom. The minimum atomic E-state index is -4.48. The summed E-state index contributed by atoms with van der Waals surface area (Å²) >= 11 is 0. The molecule has 0 unspecified atom stereocenters. The Labute approximate surface area is 116 Å². The molecule has 0 aliphatic rings. The average Bonchev–Trinajstić information content (AvgIpc) is 2.34. The van der Waals surface area contributed by atoms with Gasteiger partial charge in [0.2, 0.25) is 10.0 Å². The third-order valence-electron chi connectivity index (χ3n) is 2.46. The molecular weight excluding hydrogens is 293 g/mol. The number of hydrogen-bond donors (Lipinski definition) is 2. The fourth-order valence-corrected chi connectivity index (χ4v) is 2.48. The molecule has 0 bridgehead atoms. The van der Waals surface area contributed by atoms with Crippen molar-refractivity contribution in [2.75, 3.05) is 13.1 Å². The highest BCUT2D eigenvalue weighted by molar-refractivity contribution is 7.89. The summed E-state index contributed by atoms with van der Waals surface area (Å²) in [5.41, 5.74) is -0.877. The fourth-order valence-electron chi connectivity index (χ4n) is 1.45. The summed E-state index contributed by atoms with van der Waals surface area (Å²) in [7, 11) is -3.78. The van der Waals surface area contributed by atoms with Crippen LogP contribution in [0.3, 0.4) is 0 Å². The van der Waals surface area contributed by atoms with Gasteiger partial charge in [0.1, 0.15) is 0 Å². The Morgan fingerprint density at radius 1 is 1.10 bits per heavy atom. The Bertz CT molecular complexity index is 525. The van der Waals surface area contributed by atoms with Crippen LogP contribution in [0.4, 0.5) is 13.2 Å². The van der Waals surface area contributed by atoms with Crippen molar-refractivity contribution in [1.82, 2.24) is 10.0 Å². The van der Waals surface area contributed by atoms with Crippen LogP contribution >= 0.6 is 0 Å². The normalized spacial score (nSPS) is 12.9. The van der Waals surface area contributed by atoms with Crippen molar-refractivity contribution < 1.29 is 21.6 Å². The van der Waals surface area contributed by atoms with Gasteiger partial charge in [0.25, 0.3) is 0 Å². The number of benzene rings is 1. The maximum atomic E-state index is 12.4. The summed E-state index contributed by atoms with van der Waals surface area (Å²) in [6, 6.07) is 3.62. The van der Waals surface area contributed by atoms with E-state index < -0.39 is 21.8 Å². The van der Waals surface area contributed by atoms with Gasteiger partial charge in [-0.25, -0.2) is 13.1 Å². The van der Waals surface area contributed by atoms with Crippen LogP contribution in [0.15, 0.2) is 29.2 Å². The van der Waals surface area contributed by atoms with Crippen molar-refractivity contribution in [2.24, 2.45) is 0 Å². The third kappa shape index (κ3) is 5.10. The number of sulfonamides is 1. The molecule has 0 radical (unpaired) electrons. The second-order valence-electron chi connectivity index (χ2n) is 4.53. The van der Waals surface area contributed by atoms with Crippen LogP contribution in [0.5, 0.6) is 0 Å². The predicted molar refractivity (Wildman–Crippen MR) is 69.8 cm³/mol. The van der Waals surface area contributed by atoms with E-state index in [2.05, 4.69) is 10.0 Å². The zero-order valence-corrected chi connectivity index (χ0v) is 12.0. The molecule has 0 saturated heterocycles. The highest BCUT2D eigenvalue weighted by atomic mass is 32.2. The van der Waals surface area contributed by atoms with E-state index in [-0.39, 0.29) is 17.5 Å². The first kappa shape index (κ1) is 16.9. The molecule has 0 aromatic heterocycles. The number of alkyl halides is 3. The summed E-state index contributed by atoms with van der Waals surface area (Å²) in [4.78, 5) is -0.185. The monoisotopic (exact) mass is 310 g/mol. The van der Waals surface area contributed by atoms with Crippen LogP contribution < -0.4 is 10.0 Å². The first-order chi connectivity index (χ1) is 9.13. The smallest absolute Gasteiger partial charge is 0.313 e. The highest BCUT2D eigenvalue weighted by Gasteiger charge is 2.30. The van der Waals surface area contributed by atoms with Crippen LogP contribution in [0.25, 0.3) is 0 Å². The van der Waals surface area contributed by atoms with E-state index in [1.54, 1.807) is 0 Å². The van der Waals surface area contributed by atoms with E-state index in [0.29, 0.717) is 6.54 Å². The van der Waals surface area contributed by atoms with Crippen LogP contribution in [0, 0.1) is 0 Å². The minimum Gasteiger partial charge on any atom is -0.313 e. The third-order valence-corrected chi connectivity index (χ3v) is 3.94. The number of nitrogens with one attached hydrogen (secondary N) is 2. The molecule has 1 aromatic rings. The van der Waals surface area contributed by atoms with Gasteiger partial charge in [0.05, 0.1) is 10.5 Å². The van der Waals surface area contributed by atoms with Gasteiger partial charge in [-0.3, -0.25) is 0 Å². The Balaban J connectivity index is 2.69. The second kappa shape index (κ2) is 6.55. The van der Waals surface area contributed by atoms with Crippen molar-refractivity contribution in [2.45, 2.75) is 31.0 Å².